The van der Waals surface area contributed by atoms with Crippen LogP contribution in [0.25, 0.3) is 10.9 Å². The van der Waals surface area contributed by atoms with E-state index in [-0.39, 0.29) is 10.6 Å². The Balaban J connectivity index is 1.77. The van der Waals surface area contributed by atoms with Crippen molar-refractivity contribution in [1.82, 2.24) is 15.2 Å². The average Bonchev–Trinajstić information content (AvgIpc) is 2.61. The first-order valence-corrected chi connectivity index (χ1v) is 9.58. The predicted molar refractivity (Wildman–Crippen MR) is 98.4 cm³/mol. The first-order valence-electron chi connectivity index (χ1n) is 7.31. The van der Waals surface area contributed by atoms with E-state index in [0.29, 0.717) is 5.52 Å². The number of amides is 1. The van der Waals surface area contributed by atoms with Gasteiger partial charge in [0.2, 0.25) is 0 Å². The number of carbonyl (C=O) groups excluding carboxylic acids is 1. The molecule has 0 fully saturated rings. The second-order valence-corrected chi connectivity index (χ2v) is 7.90. The maximum absolute atomic E-state index is 12.3. The fourth-order valence-corrected chi connectivity index (χ4v) is 3.38. The molecule has 2 aromatic carbocycles. The van der Waals surface area contributed by atoms with E-state index in [1.54, 1.807) is 25.1 Å². The molecule has 25 heavy (non-hydrogen) atoms. The number of sulfonamides is 1. The third-order valence-corrected chi connectivity index (χ3v) is 5.70. The number of aryl methyl sites for hydroxylation is 1. The van der Waals surface area contributed by atoms with E-state index in [2.05, 4.69) is 31.2 Å². The molecule has 0 radical (unpaired) electrons. The second-order valence-electron chi connectivity index (χ2n) is 5.36. The van der Waals surface area contributed by atoms with Gasteiger partial charge < -0.3 is 0 Å². The highest BCUT2D eigenvalue weighted by atomic mass is 79.9. The Morgan fingerprint density at radius 1 is 1.08 bits per heavy atom. The molecule has 3 rings (SSSR count). The SMILES string of the molecule is Cc1cc(S(=O)(=O)NNC(=O)c2ccc3ccccc3n2)ccc1Br. The van der Waals surface area contributed by atoms with Gasteiger partial charge in [0, 0.05) is 9.86 Å². The van der Waals surface area contributed by atoms with Crippen LogP contribution in [0, 0.1) is 6.92 Å². The molecule has 1 aromatic heterocycles. The number of pyridine rings is 1. The molecule has 0 aliphatic carbocycles. The lowest BCUT2D eigenvalue weighted by atomic mass is 10.2. The topological polar surface area (TPSA) is 88.2 Å². The van der Waals surface area contributed by atoms with Crippen molar-refractivity contribution in [2.24, 2.45) is 0 Å². The molecular weight excluding hydrogens is 406 g/mol. The van der Waals surface area contributed by atoms with Gasteiger partial charge in [0.05, 0.1) is 10.4 Å². The van der Waals surface area contributed by atoms with Gasteiger partial charge in [-0.1, -0.05) is 40.2 Å². The number of halogens is 1. The monoisotopic (exact) mass is 419 g/mol. The largest absolute Gasteiger partial charge is 0.284 e. The first kappa shape index (κ1) is 17.5. The van der Waals surface area contributed by atoms with Crippen LogP contribution in [0.1, 0.15) is 16.1 Å². The molecule has 0 unspecified atom stereocenters. The zero-order valence-electron chi connectivity index (χ0n) is 13.2. The molecule has 0 saturated heterocycles. The van der Waals surface area contributed by atoms with E-state index in [0.717, 1.165) is 15.4 Å². The third-order valence-electron chi connectivity index (χ3n) is 3.57. The number of hydrogen-bond donors (Lipinski definition) is 2. The molecule has 0 atom stereocenters. The van der Waals surface area contributed by atoms with Crippen LogP contribution in [-0.2, 0) is 10.0 Å². The Kier molecular flexibility index (Phi) is 4.85. The summed E-state index contributed by atoms with van der Waals surface area (Å²) in [6.07, 6.45) is 0. The smallest absolute Gasteiger partial charge is 0.272 e. The maximum Gasteiger partial charge on any atom is 0.284 e. The molecular formula is C17H14BrN3O3S. The van der Waals surface area contributed by atoms with Crippen molar-refractivity contribution in [2.45, 2.75) is 11.8 Å². The number of nitrogens with one attached hydrogen (secondary N) is 2. The minimum absolute atomic E-state index is 0.0555. The summed E-state index contributed by atoms with van der Waals surface area (Å²) in [7, 11) is -3.88. The molecule has 1 amide bonds. The van der Waals surface area contributed by atoms with Crippen LogP contribution in [-0.4, -0.2) is 19.3 Å². The molecule has 0 spiro atoms. The number of hydrogen-bond acceptors (Lipinski definition) is 4. The van der Waals surface area contributed by atoms with E-state index in [1.165, 1.54) is 18.2 Å². The lowest BCUT2D eigenvalue weighted by Crippen LogP contribution is -2.41. The second kappa shape index (κ2) is 6.91. The minimum Gasteiger partial charge on any atom is -0.272 e. The van der Waals surface area contributed by atoms with Gasteiger partial charge in [0.25, 0.3) is 15.9 Å². The van der Waals surface area contributed by atoms with Gasteiger partial charge in [-0.05, 0) is 42.8 Å². The molecule has 3 aromatic rings. The maximum atomic E-state index is 12.3. The highest BCUT2D eigenvalue weighted by molar-refractivity contribution is 9.10. The number of para-hydroxylation sites is 1. The van der Waals surface area contributed by atoms with E-state index < -0.39 is 15.9 Å². The molecule has 1 heterocycles. The molecule has 0 aliphatic rings. The summed E-state index contributed by atoms with van der Waals surface area (Å²) in [6.45, 7) is 1.78. The van der Waals surface area contributed by atoms with Crippen molar-refractivity contribution >= 4 is 42.8 Å². The zero-order valence-corrected chi connectivity index (χ0v) is 15.6. The highest BCUT2D eigenvalue weighted by Gasteiger charge is 2.17. The number of aromatic nitrogens is 1. The van der Waals surface area contributed by atoms with Gasteiger partial charge in [-0.15, -0.1) is 4.83 Å². The van der Waals surface area contributed by atoms with E-state index >= 15 is 0 Å². The van der Waals surface area contributed by atoms with E-state index in [9.17, 15) is 13.2 Å². The number of benzene rings is 2. The van der Waals surface area contributed by atoms with Crippen LogP contribution in [0.5, 0.6) is 0 Å². The minimum atomic E-state index is -3.88. The number of nitrogens with zero attached hydrogens (tertiary/aromatic N) is 1. The van der Waals surface area contributed by atoms with Gasteiger partial charge in [-0.25, -0.2) is 13.4 Å². The Morgan fingerprint density at radius 3 is 2.60 bits per heavy atom. The van der Waals surface area contributed by atoms with Crippen molar-refractivity contribution in [2.75, 3.05) is 0 Å². The lowest BCUT2D eigenvalue weighted by Gasteiger charge is -2.09. The van der Waals surface area contributed by atoms with Crippen LogP contribution < -0.4 is 10.3 Å². The molecule has 8 heteroatoms. The Morgan fingerprint density at radius 2 is 1.84 bits per heavy atom. The number of carbonyl (C=O) groups is 1. The molecule has 0 aliphatic heterocycles. The molecule has 0 saturated carbocycles. The Labute approximate surface area is 153 Å². The zero-order chi connectivity index (χ0) is 18.0. The molecule has 6 nitrogen and oxygen atoms in total. The van der Waals surface area contributed by atoms with Gasteiger partial charge in [-0.3, -0.25) is 10.2 Å². The molecule has 128 valence electrons. The van der Waals surface area contributed by atoms with Gasteiger partial charge in [0.15, 0.2) is 0 Å². The highest BCUT2D eigenvalue weighted by Crippen LogP contribution is 2.19. The standard InChI is InChI=1S/C17H14BrN3O3S/c1-11-10-13(7-8-14(11)18)25(23,24)21-20-17(22)16-9-6-12-4-2-3-5-15(12)19-16/h2-10,21H,1H3,(H,20,22). The third kappa shape index (κ3) is 3.87. The normalized spacial score (nSPS) is 11.4. The molecule has 2 N–H and O–H groups in total. The number of fused-ring (bicyclic) bond motifs is 1. The van der Waals surface area contributed by atoms with Gasteiger partial charge in [-0.2, -0.15) is 0 Å². The fourth-order valence-electron chi connectivity index (χ4n) is 2.21. The summed E-state index contributed by atoms with van der Waals surface area (Å²) < 4.78 is 25.4. The summed E-state index contributed by atoms with van der Waals surface area (Å²) in [5.74, 6) is -0.636. The van der Waals surface area contributed by atoms with Crippen molar-refractivity contribution in [1.29, 1.82) is 0 Å². The summed E-state index contributed by atoms with van der Waals surface area (Å²) in [6, 6.07) is 15.2. The lowest BCUT2D eigenvalue weighted by molar-refractivity contribution is 0.0940. The van der Waals surface area contributed by atoms with E-state index in [4.69, 9.17) is 0 Å². The quantitative estimate of drug-likeness (QED) is 0.636. The van der Waals surface area contributed by atoms with Crippen molar-refractivity contribution in [3.63, 3.8) is 0 Å². The van der Waals surface area contributed by atoms with Gasteiger partial charge >= 0.3 is 0 Å². The number of rotatable bonds is 4. The fraction of sp³-hybridized carbons (Fsp3) is 0.0588. The Hall–Kier alpha value is -2.29. The first-order chi connectivity index (χ1) is 11.9. The van der Waals surface area contributed by atoms with Crippen molar-refractivity contribution < 1.29 is 13.2 Å². The van der Waals surface area contributed by atoms with Crippen LogP contribution >= 0.6 is 15.9 Å². The molecule has 0 bridgehead atoms. The van der Waals surface area contributed by atoms with Crippen molar-refractivity contribution in [3.05, 3.63) is 70.3 Å². The van der Waals surface area contributed by atoms with Gasteiger partial charge in [0.1, 0.15) is 5.69 Å². The Bertz CT molecular complexity index is 1070. The van der Waals surface area contributed by atoms with Crippen LogP contribution in [0.15, 0.2) is 64.0 Å². The summed E-state index contributed by atoms with van der Waals surface area (Å²) in [5, 5.41) is 0.893. The average molecular weight is 420 g/mol. The van der Waals surface area contributed by atoms with Crippen molar-refractivity contribution in [3.8, 4) is 0 Å². The van der Waals surface area contributed by atoms with E-state index in [1.807, 2.05) is 18.2 Å². The summed E-state index contributed by atoms with van der Waals surface area (Å²) >= 11 is 3.32. The summed E-state index contributed by atoms with van der Waals surface area (Å²) in [4.78, 5) is 18.5. The van der Waals surface area contributed by atoms with Crippen LogP contribution in [0.4, 0.5) is 0 Å². The number of hydrazine groups is 1. The van der Waals surface area contributed by atoms with Crippen LogP contribution in [0.2, 0.25) is 0 Å². The van der Waals surface area contributed by atoms with Crippen LogP contribution in [0.3, 0.4) is 0 Å². The predicted octanol–water partition coefficient (Wildman–Crippen LogP) is 2.93. The summed E-state index contributed by atoms with van der Waals surface area (Å²) in [5.41, 5.74) is 3.73.